The number of benzene rings is 1. The van der Waals surface area contributed by atoms with Crippen LogP contribution in [0.5, 0.6) is 0 Å². The molecule has 33 heavy (non-hydrogen) atoms. The fourth-order valence-electron chi connectivity index (χ4n) is 4.94. The summed E-state index contributed by atoms with van der Waals surface area (Å²) in [5.41, 5.74) is 0.844. The van der Waals surface area contributed by atoms with Gasteiger partial charge in [0.05, 0.1) is 12.3 Å². The summed E-state index contributed by atoms with van der Waals surface area (Å²) >= 11 is 0. The van der Waals surface area contributed by atoms with E-state index in [9.17, 15) is 4.39 Å². The molecule has 2 fully saturated rings. The average molecular weight is 570 g/mol. The second kappa shape index (κ2) is 12.7. The van der Waals surface area contributed by atoms with Gasteiger partial charge in [0.25, 0.3) is 0 Å². The molecular weight excluding hydrogens is 534 g/mol. The molecule has 3 heterocycles. The van der Waals surface area contributed by atoms with Crippen LogP contribution >= 0.6 is 24.0 Å². The third-order valence-corrected chi connectivity index (χ3v) is 6.87. The normalized spacial score (nSPS) is 20.0. The zero-order valence-electron chi connectivity index (χ0n) is 19.4. The van der Waals surface area contributed by atoms with Gasteiger partial charge in [-0.1, -0.05) is 18.6 Å². The standard InChI is InChI=1S/C25H35FN4O2.HI/c1-27-24(28-18-22(23-9-6-14-32-23)30-12-3-2-4-13-30)29-19-25(10-15-31-16-11-25)20-7-5-8-21(26)17-20;/h5-9,14,17,22H,2-4,10-13,15-16,18-19H2,1H3,(H2,27,28,29);1H. The number of guanidine groups is 1. The van der Waals surface area contributed by atoms with E-state index in [2.05, 4.69) is 26.6 Å². The predicted molar refractivity (Wildman–Crippen MR) is 140 cm³/mol. The third-order valence-electron chi connectivity index (χ3n) is 6.87. The molecule has 2 aromatic rings. The highest BCUT2D eigenvalue weighted by molar-refractivity contribution is 14.0. The molecule has 1 atom stereocenters. The molecule has 1 aromatic carbocycles. The van der Waals surface area contributed by atoms with Crippen molar-refractivity contribution in [3.8, 4) is 0 Å². The Morgan fingerprint density at radius 2 is 1.91 bits per heavy atom. The van der Waals surface area contributed by atoms with Crippen molar-refractivity contribution >= 4 is 29.9 Å². The molecule has 0 aliphatic carbocycles. The highest BCUT2D eigenvalue weighted by Crippen LogP contribution is 2.34. The first-order chi connectivity index (χ1) is 15.7. The summed E-state index contributed by atoms with van der Waals surface area (Å²) in [5, 5.41) is 7.02. The van der Waals surface area contributed by atoms with Crippen LogP contribution in [0.1, 0.15) is 49.5 Å². The van der Waals surface area contributed by atoms with Crippen molar-refractivity contribution in [2.24, 2.45) is 4.99 Å². The topological polar surface area (TPSA) is 62.0 Å². The lowest BCUT2D eigenvalue weighted by Gasteiger charge is -2.38. The molecule has 182 valence electrons. The van der Waals surface area contributed by atoms with Gasteiger partial charge in [-0.05, 0) is 68.6 Å². The Labute approximate surface area is 213 Å². The molecule has 2 saturated heterocycles. The van der Waals surface area contributed by atoms with E-state index in [-0.39, 0.29) is 41.3 Å². The number of nitrogens with one attached hydrogen (secondary N) is 2. The van der Waals surface area contributed by atoms with Crippen molar-refractivity contribution in [3.63, 3.8) is 0 Å². The maximum atomic E-state index is 14.0. The minimum Gasteiger partial charge on any atom is -0.468 e. The van der Waals surface area contributed by atoms with E-state index in [1.54, 1.807) is 25.4 Å². The van der Waals surface area contributed by atoms with Crippen molar-refractivity contribution in [1.82, 2.24) is 15.5 Å². The molecule has 0 spiro atoms. The highest BCUT2D eigenvalue weighted by atomic mass is 127. The van der Waals surface area contributed by atoms with Crippen LogP contribution in [0.3, 0.4) is 0 Å². The molecule has 2 N–H and O–H groups in total. The molecule has 4 rings (SSSR count). The molecule has 1 unspecified atom stereocenters. The van der Waals surface area contributed by atoms with E-state index < -0.39 is 0 Å². The number of hydrogen-bond donors (Lipinski definition) is 2. The Balaban J connectivity index is 0.00000306. The largest absolute Gasteiger partial charge is 0.468 e. The molecule has 6 nitrogen and oxygen atoms in total. The van der Waals surface area contributed by atoms with Crippen LogP contribution in [-0.2, 0) is 10.2 Å². The van der Waals surface area contributed by atoms with Crippen LogP contribution in [0.25, 0.3) is 0 Å². The van der Waals surface area contributed by atoms with Gasteiger partial charge >= 0.3 is 0 Å². The van der Waals surface area contributed by atoms with E-state index >= 15 is 0 Å². The van der Waals surface area contributed by atoms with Gasteiger partial charge in [0.1, 0.15) is 11.6 Å². The molecule has 0 radical (unpaired) electrons. The Morgan fingerprint density at radius 1 is 1.12 bits per heavy atom. The van der Waals surface area contributed by atoms with E-state index in [1.807, 2.05) is 12.1 Å². The molecule has 2 aliphatic rings. The van der Waals surface area contributed by atoms with Gasteiger partial charge in [-0.15, -0.1) is 24.0 Å². The Hall–Kier alpha value is -1.65. The van der Waals surface area contributed by atoms with Gasteiger partial charge in [0.15, 0.2) is 5.96 Å². The zero-order valence-corrected chi connectivity index (χ0v) is 21.7. The van der Waals surface area contributed by atoms with Crippen LogP contribution in [0, 0.1) is 5.82 Å². The lowest BCUT2D eigenvalue weighted by Crippen LogP contribution is -2.49. The van der Waals surface area contributed by atoms with Crippen molar-refractivity contribution in [1.29, 1.82) is 0 Å². The van der Waals surface area contributed by atoms with Crippen LogP contribution in [-0.4, -0.2) is 57.3 Å². The molecule has 8 heteroatoms. The summed E-state index contributed by atoms with van der Waals surface area (Å²) < 4.78 is 25.4. The van der Waals surface area contributed by atoms with Crippen LogP contribution in [0.4, 0.5) is 4.39 Å². The maximum absolute atomic E-state index is 14.0. The minimum atomic E-state index is -0.196. The first-order valence-corrected chi connectivity index (χ1v) is 11.8. The number of piperidine rings is 1. The van der Waals surface area contributed by atoms with E-state index in [0.29, 0.717) is 26.3 Å². The molecule has 0 saturated carbocycles. The summed E-state index contributed by atoms with van der Waals surface area (Å²) in [6.07, 6.45) is 7.19. The first-order valence-electron chi connectivity index (χ1n) is 11.8. The van der Waals surface area contributed by atoms with Crippen LogP contribution in [0.15, 0.2) is 52.1 Å². The smallest absolute Gasteiger partial charge is 0.191 e. The van der Waals surface area contributed by atoms with Gasteiger partial charge in [0.2, 0.25) is 0 Å². The zero-order chi connectivity index (χ0) is 22.2. The first kappa shape index (κ1) is 26.0. The van der Waals surface area contributed by atoms with Crippen LogP contribution < -0.4 is 10.6 Å². The third kappa shape index (κ3) is 6.70. The van der Waals surface area contributed by atoms with Gasteiger partial charge < -0.3 is 19.8 Å². The quantitative estimate of drug-likeness (QED) is 0.292. The second-order valence-electron chi connectivity index (χ2n) is 8.84. The molecule has 0 bridgehead atoms. The van der Waals surface area contributed by atoms with E-state index in [1.165, 1.54) is 25.3 Å². The van der Waals surface area contributed by atoms with Crippen molar-refractivity contribution in [2.75, 3.05) is 46.4 Å². The fraction of sp³-hybridized carbons (Fsp3) is 0.560. The van der Waals surface area contributed by atoms with E-state index in [4.69, 9.17) is 9.15 Å². The minimum absolute atomic E-state index is 0. The summed E-state index contributed by atoms with van der Waals surface area (Å²) in [7, 11) is 1.79. The average Bonchev–Trinajstić information content (AvgIpc) is 3.37. The fourth-order valence-corrected chi connectivity index (χ4v) is 4.94. The summed E-state index contributed by atoms with van der Waals surface area (Å²) in [5.74, 6) is 1.54. The lowest BCUT2D eigenvalue weighted by molar-refractivity contribution is 0.0512. The summed E-state index contributed by atoms with van der Waals surface area (Å²) in [6, 6.07) is 11.2. The SMILES string of the molecule is CN=C(NCC(c1ccco1)N1CCCCC1)NCC1(c2cccc(F)c2)CCOCC1.I. The number of likely N-dealkylation sites (tertiary alicyclic amines) is 1. The second-order valence-corrected chi connectivity index (χ2v) is 8.84. The monoisotopic (exact) mass is 570 g/mol. The molecule has 0 amide bonds. The number of ether oxygens (including phenoxy) is 1. The highest BCUT2D eigenvalue weighted by Gasteiger charge is 2.35. The van der Waals surface area contributed by atoms with Gasteiger partial charge in [-0.3, -0.25) is 9.89 Å². The van der Waals surface area contributed by atoms with Crippen molar-refractivity contribution < 1.29 is 13.5 Å². The number of hydrogen-bond acceptors (Lipinski definition) is 4. The van der Waals surface area contributed by atoms with Crippen molar-refractivity contribution in [3.05, 3.63) is 59.8 Å². The lowest BCUT2D eigenvalue weighted by atomic mass is 9.74. The molecule has 2 aliphatic heterocycles. The molecule has 1 aromatic heterocycles. The van der Waals surface area contributed by atoms with Crippen LogP contribution in [0.2, 0.25) is 0 Å². The van der Waals surface area contributed by atoms with Gasteiger partial charge in [-0.2, -0.15) is 0 Å². The number of aliphatic imine (C=N–C) groups is 1. The van der Waals surface area contributed by atoms with Gasteiger partial charge in [-0.25, -0.2) is 4.39 Å². The summed E-state index contributed by atoms with van der Waals surface area (Å²) in [6.45, 7) is 4.92. The number of rotatable bonds is 7. The summed E-state index contributed by atoms with van der Waals surface area (Å²) in [4.78, 5) is 6.95. The molecular formula is C25H36FIN4O2. The van der Waals surface area contributed by atoms with Crippen molar-refractivity contribution in [2.45, 2.75) is 43.6 Å². The number of nitrogens with zero attached hydrogens (tertiary/aromatic N) is 2. The van der Waals surface area contributed by atoms with Gasteiger partial charge in [0, 0.05) is 38.8 Å². The predicted octanol–water partition coefficient (Wildman–Crippen LogP) is 4.48. The number of furan rings is 1. The van der Waals surface area contributed by atoms with E-state index in [0.717, 1.165) is 43.2 Å². The Bertz CT molecular complexity index is 865. The Morgan fingerprint density at radius 3 is 2.58 bits per heavy atom. The Kier molecular flexibility index (Phi) is 10.0. The maximum Gasteiger partial charge on any atom is 0.191 e. The number of halogens is 2.